The molecule has 0 atom stereocenters. The Balaban J connectivity index is 2.25. The second-order valence-corrected chi connectivity index (χ2v) is 4.79. The fourth-order valence-electron chi connectivity index (χ4n) is 2.38. The minimum absolute atomic E-state index is 0.253. The number of halogens is 1. The second-order valence-electron chi connectivity index (χ2n) is 4.79. The Hall–Kier alpha value is -2.89. The number of fused-ring (bicyclic) bond motifs is 1. The quantitative estimate of drug-likeness (QED) is 0.804. The van der Waals surface area contributed by atoms with Crippen molar-refractivity contribution in [1.82, 2.24) is 9.38 Å². The highest BCUT2D eigenvalue weighted by atomic mass is 19.1. The Kier molecular flexibility index (Phi) is 3.50. The van der Waals surface area contributed by atoms with Gasteiger partial charge in [0.2, 0.25) is 0 Å². The third-order valence-corrected chi connectivity index (χ3v) is 3.34. The number of pyridine rings is 1. The number of hydrogen-bond donors (Lipinski definition) is 1. The number of ether oxygens (including phenoxy) is 1. The molecule has 1 N–H and O–H groups in total. The molecule has 0 saturated heterocycles. The van der Waals surface area contributed by atoms with E-state index in [0.29, 0.717) is 22.8 Å². The van der Waals surface area contributed by atoms with Gasteiger partial charge in [-0.2, -0.15) is 0 Å². The van der Waals surface area contributed by atoms with Gasteiger partial charge in [-0.15, -0.1) is 0 Å². The van der Waals surface area contributed by atoms with Crippen molar-refractivity contribution in [1.29, 1.82) is 0 Å². The summed E-state index contributed by atoms with van der Waals surface area (Å²) in [5, 5.41) is 9.13. The van der Waals surface area contributed by atoms with Crippen molar-refractivity contribution in [3.63, 3.8) is 0 Å². The number of hydrogen-bond acceptors (Lipinski definition) is 3. The number of nitrogens with zero attached hydrogens (tertiary/aromatic N) is 2. The summed E-state index contributed by atoms with van der Waals surface area (Å²) in [5.41, 5.74) is 2.15. The summed E-state index contributed by atoms with van der Waals surface area (Å²) in [6.45, 7) is 0. The van der Waals surface area contributed by atoms with E-state index in [0.717, 1.165) is 5.56 Å². The summed E-state index contributed by atoms with van der Waals surface area (Å²) in [6, 6.07) is 9.97. The van der Waals surface area contributed by atoms with Crippen LogP contribution in [0, 0.1) is 5.82 Å². The van der Waals surface area contributed by atoms with Crippen molar-refractivity contribution < 1.29 is 19.0 Å². The van der Waals surface area contributed by atoms with Gasteiger partial charge in [-0.25, -0.2) is 9.37 Å². The SMILES string of the molecule is COc1cccc(-c2nc3ccc(F)cn3c2CC(=O)O)c1. The molecule has 3 aromatic rings. The highest BCUT2D eigenvalue weighted by Crippen LogP contribution is 2.28. The summed E-state index contributed by atoms with van der Waals surface area (Å²) in [7, 11) is 1.55. The number of aromatic nitrogens is 2. The van der Waals surface area contributed by atoms with Gasteiger partial charge in [0, 0.05) is 11.8 Å². The van der Waals surface area contributed by atoms with E-state index >= 15 is 0 Å². The first kappa shape index (κ1) is 14.1. The summed E-state index contributed by atoms with van der Waals surface area (Å²) < 4.78 is 20.1. The monoisotopic (exact) mass is 300 g/mol. The number of rotatable bonds is 4. The Morgan fingerprint density at radius 1 is 1.36 bits per heavy atom. The lowest BCUT2D eigenvalue weighted by Crippen LogP contribution is -2.05. The molecule has 3 rings (SSSR count). The number of carbonyl (C=O) groups is 1. The molecule has 0 saturated carbocycles. The molecular weight excluding hydrogens is 287 g/mol. The van der Waals surface area contributed by atoms with Crippen LogP contribution in [0.3, 0.4) is 0 Å². The van der Waals surface area contributed by atoms with Gasteiger partial charge < -0.3 is 9.84 Å². The molecule has 22 heavy (non-hydrogen) atoms. The van der Waals surface area contributed by atoms with Gasteiger partial charge in [0.25, 0.3) is 0 Å². The Morgan fingerprint density at radius 3 is 2.91 bits per heavy atom. The van der Waals surface area contributed by atoms with Gasteiger partial charge in [0.05, 0.1) is 24.9 Å². The van der Waals surface area contributed by atoms with E-state index in [1.54, 1.807) is 25.3 Å². The summed E-state index contributed by atoms with van der Waals surface area (Å²) in [5.74, 6) is -0.814. The molecule has 112 valence electrons. The van der Waals surface area contributed by atoms with Crippen molar-refractivity contribution in [3.8, 4) is 17.0 Å². The van der Waals surface area contributed by atoms with Gasteiger partial charge in [-0.1, -0.05) is 12.1 Å². The van der Waals surface area contributed by atoms with Crippen LogP contribution in [0.2, 0.25) is 0 Å². The standard InChI is InChI=1S/C16H13FN2O3/c1-22-12-4-2-3-10(7-12)16-13(8-15(20)21)19-9-11(17)5-6-14(19)18-16/h2-7,9H,8H2,1H3,(H,20,21). The maximum Gasteiger partial charge on any atom is 0.309 e. The normalized spacial score (nSPS) is 10.8. The number of imidazole rings is 1. The van der Waals surface area contributed by atoms with Crippen LogP contribution in [0.1, 0.15) is 5.69 Å². The summed E-state index contributed by atoms with van der Waals surface area (Å²) in [6.07, 6.45) is 0.988. The second kappa shape index (κ2) is 5.48. The zero-order valence-electron chi connectivity index (χ0n) is 11.8. The summed E-state index contributed by atoms with van der Waals surface area (Å²) in [4.78, 5) is 15.6. The molecule has 2 aromatic heterocycles. The molecular formula is C16H13FN2O3. The Labute approximate surface area is 125 Å². The number of benzene rings is 1. The predicted octanol–water partition coefficient (Wildman–Crippen LogP) is 2.78. The molecule has 5 nitrogen and oxygen atoms in total. The van der Waals surface area contributed by atoms with Crippen LogP contribution < -0.4 is 4.74 Å². The molecule has 0 fully saturated rings. The van der Waals surface area contributed by atoms with Gasteiger partial charge in [0.15, 0.2) is 0 Å². The lowest BCUT2D eigenvalue weighted by atomic mass is 10.1. The number of aliphatic carboxylic acids is 1. The lowest BCUT2D eigenvalue weighted by Gasteiger charge is -2.05. The van der Waals surface area contributed by atoms with Crippen LogP contribution in [0.4, 0.5) is 4.39 Å². The van der Waals surface area contributed by atoms with Crippen LogP contribution in [0.15, 0.2) is 42.6 Å². The highest BCUT2D eigenvalue weighted by molar-refractivity contribution is 5.76. The maximum atomic E-state index is 13.5. The van der Waals surface area contributed by atoms with Crippen LogP contribution in [0.5, 0.6) is 5.75 Å². The average molecular weight is 300 g/mol. The van der Waals surface area contributed by atoms with Crippen molar-refractivity contribution in [3.05, 3.63) is 54.1 Å². The average Bonchev–Trinajstić information content (AvgIpc) is 2.85. The maximum absolute atomic E-state index is 13.5. The van der Waals surface area contributed by atoms with Gasteiger partial charge in [-0.3, -0.25) is 9.20 Å². The zero-order valence-corrected chi connectivity index (χ0v) is 11.8. The Morgan fingerprint density at radius 2 is 2.18 bits per heavy atom. The smallest absolute Gasteiger partial charge is 0.309 e. The minimum Gasteiger partial charge on any atom is -0.497 e. The van der Waals surface area contributed by atoms with E-state index in [9.17, 15) is 9.18 Å². The van der Waals surface area contributed by atoms with Crippen molar-refractivity contribution in [2.24, 2.45) is 0 Å². The van der Waals surface area contributed by atoms with E-state index in [4.69, 9.17) is 9.84 Å². The third-order valence-electron chi connectivity index (χ3n) is 3.34. The highest BCUT2D eigenvalue weighted by Gasteiger charge is 2.17. The molecule has 0 amide bonds. The van der Waals surface area contributed by atoms with E-state index in [-0.39, 0.29) is 6.42 Å². The molecule has 0 aliphatic carbocycles. The minimum atomic E-state index is -1.00. The topological polar surface area (TPSA) is 63.8 Å². The molecule has 0 unspecified atom stereocenters. The van der Waals surface area contributed by atoms with Crippen LogP contribution in [-0.2, 0) is 11.2 Å². The van der Waals surface area contributed by atoms with Crippen LogP contribution in [-0.4, -0.2) is 27.6 Å². The first-order valence-corrected chi connectivity index (χ1v) is 6.61. The van der Waals surface area contributed by atoms with Crippen molar-refractivity contribution >= 4 is 11.6 Å². The molecule has 2 heterocycles. The zero-order chi connectivity index (χ0) is 15.7. The molecule has 1 aromatic carbocycles. The fraction of sp³-hybridized carbons (Fsp3) is 0.125. The van der Waals surface area contributed by atoms with Crippen LogP contribution >= 0.6 is 0 Å². The third kappa shape index (κ3) is 2.50. The van der Waals surface area contributed by atoms with E-state index in [1.807, 2.05) is 6.07 Å². The number of carboxylic acid groups (broad SMARTS) is 1. The number of carboxylic acids is 1. The molecule has 0 radical (unpaired) electrons. The Bertz CT molecular complexity index is 858. The van der Waals surface area contributed by atoms with E-state index in [1.165, 1.54) is 22.7 Å². The molecule has 0 bridgehead atoms. The van der Waals surface area contributed by atoms with Crippen LogP contribution in [0.25, 0.3) is 16.9 Å². The van der Waals surface area contributed by atoms with Gasteiger partial charge in [0.1, 0.15) is 17.2 Å². The largest absolute Gasteiger partial charge is 0.497 e. The first-order valence-electron chi connectivity index (χ1n) is 6.61. The lowest BCUT2D eigenvalue weighted by molar-refractivity contribution is -0.136. The van der Waals surface area contributed by atoms with E-state index < -0.39 is 11.8 Å². The molecule has 0 aliphatic rings. The fourth-order valence-corrected chi connectivity index (χ4v) is 2.38. The summed E-state index contributed by atoms with van der Waals surface area (Å²) >= 11 is 0. The van der Waals surface area contributed by atoms with Gasteiger partial charge >= 0.3 is 5.97 Å². The van der Waals surface area contributed by atoms with Crippen molar-refractivity contribution in [2.75, 3.05) is 7.11 Å². The van der Waals surface area contributed by atoms with Gasteiger partial charge in [-0.05, 0) is 24.3 Å². The van der Waals surface area contributed by atoms with E-state index in [2.05, 4.69) is 4.98 Å². The molecule has 0 aliphatic heterocycles. The molecule has 0 spiro atoms. The molecule has 6 heteroatoms. The van der Waals surface area contributed by atoms with Crippen molar-refractivity contribution in [2.45, 2.75) is 6.42 Å². The first-order chi connectivity index (χ1) is 10.6. The number of methoxy groups -OCH3 is 1. The predicted molar refractivity (Wildman–Crippen MR) is 78.5 cm³/mol.